The first kappa shape index (κ1) is 14.6. The van der Waals surface area contributed by atoms with E-state index in [2.05, 4.69) is 10.4 Å². The Morgan fingerprint density at radius 3 is 2.72 bits per heavy atom. The summed E-state index contributed by atoms with van der Waals surface area (Å²) in [6, 6.07) is -0.128. The topological polar surface area (TPSA) is 84.2 Å². The Kier molecular flexibility index (Phi) is 5.21. The molecule has 7 heteroatoms. The predicted molar refractivity (Wildman–Crippen MR) is 69.5 cm³/mol. The zero-order chi connectivity index (χ0) is 13.7. The summed E-state index contributed by atoms with van der Waals surface area (Å²) in [6.07, 6.45) is 1.73. The van der Waals surface area contributed by atoms with Crippen molar-refractivity contribution in [3.63, 3.8) is 0 Å². The number of carboxylic acid groups (broad SMARTS) is 1. The van der Waals surface area contributed by atoms with Gasteiger partial charge in [0.1, 0.15) is 0 Å². The number of nitrogens with one attached hydrogen (secondary N) is 1. The van der Waals surface area contributed by atoms with E-state index in [0.717, 1.165) is 23.0 Å². The molecule has 1 aromatic heterocycles. The van der Waals surface area contributed by atoms with Crippen LogP contribution in [0.1, 0.15) is 24.2 Å². The average molecular weight is 271 g/mol. The molecule has 1 unspecified atom stereocenters. The van der Waals surface area contributed by atoms with Gasteiger partial charge < -0.3 is 10.4 Å². The monoisotopic (exact) mass is 271 g/mol. The smallest absolute Gasteiger partial charge is 0.313 e. The zero-order valence-corrected chi connectivity index (χ0v) is 11.5. The van der Waals surface area contributed by atoms with Crippen LogP contribution in [0.3, 0.4) is 0 Å². The minimum atomic E-state index is -0.913. The summed E-state index contributed by atoms with van der Waals surface area (Å²) in [5, 5.41) is 15.4. The number of carbonyl (C=O) groups is 2. The molecule has 0 radical (unpaired) electrons. The molecular formula is C11H17N3O3S. The quantitative estimate of drug-likeness (QED) is 0.796. The summed E-state index contributed by atoms with van der Waals surface area (Å²) in [4.78, 5) is 21.9. The molecule has 6 nitrogen and oxygen atoms in total. The van der Waals surface area contributed by atoms with Gasteiger partial charge in [-0.1, -0.05) is 0 Å². The van der Waals surface area contributed by atoms with Gasteiger partial charge in [-0.3, -0.25) is 14.3 Å². The number of nitrogens with zero attached hydrogens (tertiary/aromatic N) is 2. The van der Waals surface area contributed by atoms with Crippen LogP contribution in [0, 0.1) is 6.92 Å². The third-order valence-corrected chi connectivity index (χ3v) is 3.49. The Bertz CT molecular complexity index is 445. The molecule has 0 aromatic carbocycles. The lowest BCUT2D eigenvalue weighted by Gasteiger charge is -2.13. The molecule has 0 saturated carbocycles. The molecule has 1 amide bonds. The van der Waals surface area contributed by atoms with Crippen LogP contribution in [0.2, 0.25) is 0 Å². The molecule has 0 aliphatic heterocycles. The van der Waals surface area contributed by atoms with Gasteiger partial charge in [0, 0.05) is 18.3 Å². The summed E-state index contributed by atoms with van der Waals surface area (Å²) < 4.78 is 1.75. The average Bonchev–Trinajstić information content (AvgIpc) is 2.59. The lowest BCUT2D eigenvalue weighted by Crippen LogP contribution is -2.28. The minimum absolute atomic E-state index is 0.0618. The van der Waals surface area contributed by atoms with Crippen molar-refractivity contribution in [2.75, 3.05) is 11.5 Å². The van der Waals surface area contributed by atoms with Crippen molar-refractivity contribution >= 4 is 23.6 Å². The van der Waals surface area contributed by atoms with E-state index in [0.29, 0.717) is 0 Å². The largest absolute Gasteiger partial charge is 0.481 e. The van der Waals surface area contributed by atoms with Crippen molar-refractivity contribution in [1.29, 1.82) is 0 Å². The van der Waals surface area contributed by atoms with E-state index >= 15 is 0 Å². The Balaban J connectivity index is 2.45. The summed E-state index contributed by atoms with van der Waals surface area (Å²) in [7, 11) is 1.84. The molecule has 0 aliphatic rings. The fraction of sp³-hybridized carbons (Fsp3) is 0.545. The van der Waals surface area contributed by atoms with Crippen LogP contribution in [0.25, 0.3) is 0 Å². The Morgan fingerprint density at radius 1 is 1.56 bits per heavy atom. The van der Waals surface area contributed by atoms with Crippen molar-refractivity contribution in [3.8, 4) is 0 Å². The number of rotatable bonds is 6. The van der Waals surface area contributed by atoms with E-state index in [4.69, 9.17) is 5.11 Å². The second kappa shape index (κ2) is 6.44. The van der Waals surface area contributed by atoms with Crippen LogP contribution in [-0.2, 0) is 16.6 Å². The molecular weight excluding hydrogens is 254 g/mol. The Labute approximate surface area is 110 Å². The summed E-state index contributed by atoms with van der Waals surface area (Å²) in [5.41, 5.74) is 1.97. The number of amides is 1. The van der Waals surface area contributed by atoms with Gasteiger partial charge in [0.15, 0.2) is 0 Å². The second-order valence-electron chi connectivity index (χ2n) is 3.98. The van der Waals surface area contributed by atoms with Crippen LogP contribution in [0.5, 0.6) is 0 Å². The predicted octanol–water partition coefficient (Wildman–Crippen LogP) is 0.724. The van der Waals surface area contributed by atoms with Crippen molar-refractivity contribution in [2.24, 2.45) is 7.05 Å². The van der Waals surface area contributed by atoms with E-state index in [1.165, 1.54) is 0 Å². The Hall–Kier alpha value is -1.50. The third kappa shape index (κ3) is 4.06. The highest BCUT2D eigenvalue weighted by atomic mass is 32.2. The van der Waals surface area contributed by atoms with E-state index in [1.807, 2.05) is 20.9 Å². The van der Waals surface area contributed by atoms with Gasteiger partial charge in [-0.25, -0.2) is 0 Å². The molecule has 0 spiro atoms. The van der Waals surface area contributed by atoms with Crippen LogP contribution in [-0.4, -0.2) is 38.3 Å². The maximum absolute atomic E-state index is 11.6. The maximum Gasteiger partial charge on any atom is 0.313 e. The molecule has 0 fully saturated rings. The van der Waals surface area contributed by atoms with Gasteiger partial charge in [0.25, 0.3) is 0 Å². The number of aryl methyl sites for hydroxylation is 1. The Morgan fingerprint density at radius 2 is 2.22 bits per heavy atom. The lowest BCUT2D eigenvalue weighted by molar-refractivity contribution is -0.133. The fourth-order valence-electron chi connectivity index (χ4n) is 1.53. The first-order valence-electron chi connectivity index (χ1n) is 5.49. The van der Waals surface area contributed by atoms with Gasteiger partial charge >= 0.3 is 5.97 Å². The number of hydrogen-bond donors (Lipinski definition) is 2. The first-order valence-corrected chi connectivity index (χ1v) is 6.64. The van der Waals surface area contributed by atoms with Crippen LogP contribution < -0.4 is 5.32 Å². The summed E-state index contributed by atoms with van der Waals surface area (Å²) >= 11 is 1.08. The normalized spacial score (nSPS) is 12.2. The molecule has 100 valence electrons. The van der Waals surface area contributed by atoms with Gasteiger partial charge in [-0.05, 0) is 13.8 Å². The standard InChI is InChI=1S/C11H17N3O3S/c1-7(9-4-12-14(3)8(9)2)13-10(15)5-18-6-11(16)17/h4,7H,5-6H2,1-3H3,(H,13,15)(H,16,17). The second-order valence-corrected chi connectivity index (χ2v) is 4.97. The van der Waals surface area contributed by atoms with Crippen molar-refractivity contribution in [3.05, 3.63) is 17.5 Å². The van der Waals surface area contributed by atoms with Crippen molar-refractivity contribution in [2.45, 2.75) is 19.9 Å². The van der Waals surface area contributed by atoms with Gasteiger partial charge in [0.05, 0.1) is 23.7 Å². The molecule has 1 rings (SSSR count). The molecule has 1 atom stereocenters. The molecule has 0 saturated heterocycles. The minimum Gasteiger partial charge on any atom is -0.481 e. The number of thioether (sulfide) groups is 1. The SMILES string of the molecule is Cc1c(C(C)NC(=O)CSCC(=O)O)cnn1C. The molecule has 18 heavy (non-hydrogen) atoms. The molecule has 1 heterocycles. The van der Waals surface area contributed by atoms with Crippen LogP contribution in [0.4, 0.5) is 0 Å². The van der Waals surface area contributed by atoms with E-state index < -0.39 is 5.97 Å². The highest BCUT2D eigenvalue weighted by Gasteiger charge is 2.14. The van der Waals surface area contributed by atoms with E-state index in [9.17, 15) is 9.59 Å². The molecule has 0 aliphatic carbocycles. The zero-order valence-electron chi connectivity index (χ0n) is 10.6. The van der Waals surface area contributed by atoms with Crippen molar-refractivity contribution in [1.82, 2.24) is 15.1 Å². The highest BCUT2D eigenvalue weighted by Crippen LogP contribution is 2.16. The van der Waals surface area contributed by atoms with Crippen LogP contribution in [0.15, 0.2) is 6.20 Å². The van der Waals surface area contributed by atoms with Gasteiger partial charge in [-0.2, -0.15) is 5.10 Å². The third-order valence-electron chi connectivity index (χ3n) is 2.58. The first-order chi connectivity index (χ1) is 8.41. The van der Waals surface area contributed by atoms with Crippen LogP contribution >= 0.6 is 11.8 Å². The number of carboxylic acids is 1. The highest BCUT2D eigenvalue weighted by molar-refractivity contribution is 8.00. The van der Waals surface area contributed by atoms with E-state index in [1.54, 1.807) is 10.9 Å². The summed E-state index contributed by atoms with van der Waals surface area (Å²) in [6.45, 7) is 3.81. The maximum atomic E-state index is 11.6. The molecule has 2 N–H and O–H groups in total. The number of hydrogen-bond acceptors (Lipinski definition) is 4. The fourth-order valence-corrected chi connectivity index (χ4v) is 2.08. The molecule has 1 aromatic rings. The van der Waals surface area contributed by atoms with Gasteiger partial charge in [0.2, 0.25) is 5.91 Å². The lowest BCUT2D eigenvalue weighted by atomic mass is 10.1. The van der Waals surface area contributed by atoms with Crippen molar-refractivity contribution < 1.29 is 14.7 Å². The molecule has 0 bridgehead atoms. The number of aliphatic carboxylic acids is 1. The van der Waals surface area contributed by atoms with E-state index in [-0.39, 0.29) is 23.5 Å². The van der Waals surface area contributed by atoms with Gasteiger partial charge in [-0.15, -0.1) is 11.8 Å². The summed E-state index contributed by atoms with van der Waals surface area (Å²) in [5.74, 6) is -0.995. The number of aromatic nitrogens is 2. The number of carbonyl (C=O) groups excluding carboxylic acids is 1.